The van der Waals surface area contributed by atoms with Crippen molar-refractivity contribution in [2.45, 2.75) is 13.0 Å². The van der Waals surface area contributed by atoms with Gasteiger partial charge in [0, 0.05) is 9.99 Å². The number of fused-ring (bicyclic) bond motifs is 1. The highest BCUT2D eigenvalue weighted by Gasteiger charge is 2.25. The van der Waals surface area contributed by atoms with Gasteiger partial charge in [0.05, 0.1) is 31.0 Å². The SMILES string of the molecule is O=C1NCc2nc(C(=O)COCCO)c(Cc3ccc(I)cc3F)cc21. The number of ketones is 1. The van der Waals surface area contributed by atoms with Crippen molar-refractivity contribution in [3.8, 4) is 0 Å². The van der Waals surface area contributed by atoms with Gasteiger partial charge in [0.25, 0.3) is 5.91 Å². The number of aliphatic hydroxyl groups is 1. The van der Waals surface area contributed by atoms with E-state index in [0.29, 0.717) is 22.4 Å². The molecule has 1 aromatic heterocycles. The first kappa shape index (κ1) is 18.9. The van der Waals surface area contributed by atoms with E-state index in [4.69, 9.17) is 9.84 Å². The van der Waals surface area contributed by atoms with Gasteiger partial charge >= 0.3 is 0 Å². The number of aliphatic hydroxyl groups excluding tert-OH is 1. The predicted molar refractivity (Wildman–Crippen MR) is 99.6 cm³/mol. The third kappa shape index (κ3) is 4.08. The molecule has 0 fully saturated rings. The minimum absolute atomic E-state index is 0.0395. The highest BCUT2D eigenvalue weighted by Crippen LogP contribution is 2.23. The fourth-order valence-corrected chi connectivity index (χ4v) is 3.18. The number of pyridine rings is 1. The molecule has 0 saturated heterocycles. The molecule has 136 valence electrons. The van der Waals surface area contributed by atoms with Crippen LogP contribution in [0.1, 0.15) is 37.7 Å². The van der Waals surface area contributed by atoms with Crippen molar-refractivity contribution >= 4 is 34.3 Å². The number of nitrogens with one attached hydrogen (secondary N) is 1. The second-order valence-electron chi connectivity index (χ2n) is 5.78. The summed E-state index contributed by atoms with van der Waals surface area (Å²) in [5.41, 5.74) is 1.94. The fourth-order valence-electron chi connectivity index (χ4n) is 2.73. The van der Waals surface area contributed by atoms with Gasteiger partial charge < -0.3 is 15.2 Å². The van der Waals surface area contributed by atoms with E-state index in [0.717, 1.165) is 3.57 Å². The molecule has 2 aromatic rings. The van der Waals surface area contributed by atoms with Crippen LogP contribution in [0.3, 0.4) is 0 Å². The first-order valence-electron chi connectivity index (χ1n) is 7.96. The Morgan fingerprint density at radius 2 is 2.15 bits per heavy atom. The monoisotopic (exact) mass is 470 g/mol. The van der Waals surface area contributed by atoms with Gasteiger partial charge in [0.15, 0.2) is 0 Å². The number of halogens is 2. The van der Waals surface area contributed by atoms with Crippen molar-refractivity contribution < 1.29 is 23.8 Å². The number of aromatic nitrogens is 1. The Balaban J connectivity index is 1.97. The molecular formula is C18H16FIN2O4. The normalized spacial score (nSPS) is 12.8. The summed E-state index contributed by atoms with van der Waals surface area (Å²) < 4.78 is 20.1. The van der Waals surface area contributed by atoms with Gasteiger partial charge in [-0.05, 0) is 51.9 Å². The van der Waals surface area contributed by atoms with Gasteiger partial charge in [-0.1, -0.05) is 6.07 Å². The van der Waals surface area contributed by atoms with Crippen LogP contribution in [0.5, 0.6) is 0 Å². The largest absolute Gasteiger partial charge is 0.394 e. The van der Waals surface area contributed by atoms with Gasteiger partial charge in [0.2, 0.25) is 5.78 Å². The molecule has 2 heterocycles. The summed E-state index contributed by atoms with van der Waals surface area (Å²) in [5.74, 6) is -1.01. The van der Waals surface area contributed by atoms with Crippen LogP contribution in [0.15, 0.2) is 24.3 Å². The van der Waals surface area contributed by atoms with Crippen LogP contribution in [0, 0.1) is 9.39 Å². The van der Waals surface area contributed by atoms with Crippen LogP contribution < -0.4 is 5.32 Å². The summed E-state index contributed by atoms with van der Waals surface area (Å²) in [7, 11) is 0. The van der Waals surface area contributed by atoms with E-state index in [-0.39, 0.29) is 56.0 Å². The van der Waals surface area contributed by atoms with Crippen LogP contribution in [0.4, 0.5) is 4.39 Å². The summed E-state index contributed by atoms with van der Waals surface area (Å²) in [6, 6.07) is 6.44. The zero-order valence-electron chi connectivity index (χ0n) is 13.7. The molecule has 8 heteroatoms. The van der Waals surface area contributed by atoms with Crippen LogP contribution in [0.25, 0.3) is 0 Å². The molecule has 0 bridgehead atoms. The summed E-state index contributed by atoms with van der Waals surface area (Å²) in [6.45, 7) is -0.137. The minimum atomic E-state index is -0.378. The van der Waals surface area contributed by atoms with E-state index >= 15 is 0 Å². The summed E-state index contributed by atoms with van der Waals surface area (Å²) >= 11 is 2.02. The molecule has 0 unspecified atom stereocenters. The quantitative estimate of drug-likeness (QED) is 0.367. The van der Waals surface area contributed by atoms with Crippen LogP contribution in [-0.4, -0.2) is 41.6 Å². The van der Waals surface area contributed by atoms with Gasteiger partial charge in [0.1, 0.15) is 18.1 Å². The molecule has 0 saturated carbocycles. The van der Waals surface area contributed by atoms with Crippen molar-refractivity contribution in [1.82, 2.24) is 10.3 Å². The number of nitrogens with zero attached hydrogens (tertiary/aromatic N) is 1. The molecule has 2 N–H and O–H groups in total. The zero-order chi connectivity index (χ0) is 18.7. The molecule has 6 nitrogen and oxygen atoms in total. The Labute approximate surface area is 162 Å². The summed E-state index contributed by atoms with van der Waals surface area (Å²) in [5, 5.41) is 11.4. The van der Waals surface area contributed by atoms with Gasteiger partial charge in [-0.15, -0.1) is 0 Å². The third-order valence-corrected chi connectivity index (χ3v) is 4.64. The van der Waals surface area contributed by atoms with Gasteiger partial charge in [-0.3, -0.25) is 9.59 Å². The van der Waals surface area contributed by atoms with Crippen molar-refractivity contribution in [3.63, 3.8) is 0 Å². The minimum Gasteiger partial charge on any atom is -0.394 e. The number of rotatable bonds is 7. The standard InChI is InChI=1S/C18H16FIN2O4/c19-14-7-12(20)2-1-10(14)5-11-6-13-15(8-21-18(13)25)22-17(11)16(24)9-26-4-3-23/h1-2,6-7,23H,3-5,8-9H2,(H,21,25). The summed E-state index contributed by atoms with van der Waals surface area (Å²) in [6.07, 6.45) is 0.136. The lowest BCUT2D eigenvalue weighted by molar-refractivity contribution is 0.0658. The Kier molecular flexibility index (Phi) is 5.94. The number of carbonyl (C=O) groups is 2. The van der Waals surface area contributed by atoms with E-state index in [1.54, 1.807) is 18.2 Å². The maximum Gasteiger partial charge on any atom is 0.253 e. The average molecular weight is 470 g/mol. The van der Waals surface area contributed by atoms with E-state index in [1.807, 2.05) is 22.6 Å². The molecule has 3 rings (SSSR count). The second-order valence-corrected chi connectivity index (χ2v) is 7.03. The molecular weight excluding hydrogens is 454 g/mol. The molecule has 0 aliphatic carbocycles. The number of amides is 1. The maximum absolute atomic E-state index is 14.2. The van der Waals surface area contributed by atoms with Gasteiger partial charge in [-0.25, -0.2) is 9.37 Å². The molecule has 0 atom stereocenters. The predicted octanol–water partition coefficient (Wildman–Crippen LogP) is 1.85. The topological polar surface area (TPSA) is 88.5 Å². The van der Waals surface area contributed by atoms with Crippen molar-refractivity contribution in [2.24, 2.45) is 0 Å². The average Bonchev–Trinajstić information content (AvgIpc) is 2.97. The van der Waals surface area contributed by atoms with Crippen molar-refractivity contribution in [1.29, 1.82) is 0 Å². The molecule has 1 amide bonds. The van der Waals surface area contributed by atoms with E-state index in [9.17, 15) is 14.0 Å². The van der Waals surface area contributed by atoms with Crippen LogP contribution >= 0.6 is 22.6 Å². The molecule has 0 radical (unpaired) electrons. The first-order valence-corrected chi connectivity index (χ1v) is 9.04. The number of hydrogen-bond acceptors (Lipinski definition) is 5. The van der Waals surface area contributed by atoms with Crippen molar-refractivity contribution in [2.75, 3.05) is 19.8 Å². The van der Waals surface area contributed by atoms with E-state index < -0.39 is 0 Å². The molecule has 0 spiro atoms. The fraction of sp³-hybridized carbons (Fsp3) is 0.278. The van der Waals surface area contributed by atoms with Crippen molar-refractivity contribution in [3.05, 3.63) is 61.7 Å². The molecule has 1 aromatic carbocycles. The molecule has 26 heavy (non-hydrogen) atoms. The second kappa shape index (κ2) is 8.19. The van der Waals surface area contributed by atoms with E-state index in [2.05, 4.69) is 10.3 Å². The first-order chi connectivity index (χ1) is 12.5. The smallest absolute Gasteiger partial charge is 0.253 e. The van der Waals surface area contributed by atoms with Crippen LogP contribution in [-0.2, 0) is 17.7 Å². The van der Waals surface area contributed by atoms with E-state index in [1.165, 1.54) is 6.07 Å². The number of hydrogen-bond donors (Lipinski definition) is 2. The number of carbonyl (C=O) groups excluding carboxylic acids is 2. The Morgan fingerprint density at radius 1 is 1.35 bits per heavy atom. The lowest BCUT2D eigenvalue weighted by atomic mass is 9.98. The lowest BCUT2D eigenvalue weighted by Crippen LogP contribution is -2.17. The highest BCUT2D eigenvalue weighted by atomic mass is 127. The summed E-state index contributed by atoms with van der Waals surface area (Å²) in [4.78, 5) is 28.7. The molecule has 1 aliphatic heterocycles. The van der Waals surface area contributed by atoms with Gasteiger partial charge in [-0.2, -0.15) is 0 Å². The third-order valence-electron chi connectivity index (χ3n) is 3.97. The molecule has 1 aliphatic rings. The van der Waals surface area contributed by atoms with Crippen LogP contribution in [0.2, 0.25) is 0 Å². The zero-order valence-corrected chi connectivity index (χ0v) is 15.9. The number of ether oxygens (including phenoxy) is 1. The highest BCUT2D eigenvalue weighted by molar-refractivity contribution is 14.1. The Bertz CT molecular complexity index is 873. The Morgan fingerprint density at radius 3 is 2.88 bits per heavy atom. The maximum atomic E-state index is 14.2. The lowest BCUT2D eigenvalue weighted by Gasteiger charge is -2.11. The number of benzene rings is 1. The number of Topliss-reactive ketones (excluding diaryl/α,β-unsaturated/α-hetero) is 1. The Hall–Kier alpha value is -1.91.